The zero-order valence-corrected chi connectivity index (χ0v) is 11.6. The number of carbonyl (C=O) groups is 1. The molecule has 0 aliphatic rings. The molecule has 3 rings (SSSR count). The summed E-state index contributed by atoms with van der Waals surface area (Å²) >= 11 is 0. The van der Waals surface area contributed by atoms with Gasteiger partial charge in [-0.15, -0.1) is 0 Å². The summed E-state index contributed by atoms with van der Waals surface area (Å²) in [6.07, 6.45) is 0.874. The average Bonchev–Trinajstić information content (AvgIpc) is 2.74. The molecule has 3 nitrogen and oxygen atoms in total. The van der Waals surface area contributed by atoms with Gasteiger partial charge in [-0.25, -0.2) is 4.98 Å². The first kappa shape index (κ1) is 12.6. The van der Waals surface area contributed by atoms with Crippen molar-refractivity contribution < 1.29 is 4.79 Å². The lowest BCUT2D eigenvalue weighted by Crippen LogP contribution is -2.02. The standard InChI is InChI=1S/C17H16N2O/c1-12-4-3-5-14(8-12)10-19-13(2)18-16-7-6-15(11-20)9-17(16)19/h3-9,11H,10H2,1-2H3. The molecule has 0 unspecified atom stereocenters. The second-order valence-electron chi connectivity index (χ2n) is 5.10. The molecule has 1 heterocycles. The molecule has 0 spiro atoms. The van der Waals surface area contributed by atoms with Gasteiger partial charge in [0.25, 0.3) is 0 Å². The van der Waals surface area contributed by atoms with E-state index in [9.17, 15) is 4.79 Å². The largest absolute Gasteiger partial charge is 0.324 e. The van der Waals surface area contributed by atoms with E-state index in [4.69, 9.17) is 0 Å². The number of benzene rings is 2. The molecule has 0 N–H and O–H groups in total. The number of carbonyl (C=O) groups excluding carboxylic acids is 1. The number of hydrogen-bond donors (Lipinski definition) is 0. The van der Waals surface area contributed by atoms with Crippen LogP contribution in [0, 0.1) is 13.8 Å². The van der Waals surface area contributed by atoms with Crippen LogP contribution in [0.5, 0.6) is 0 Å². The zero-order valence-electron chi connectivity index (χ0n) is 11.6. The highest BCUT2D eigenvalue weighted by Gasteiger charge is 2.08. The number of rotatable bonds is 3. The Hall–Kier alpha value is -2.42. The van der Waals surface area contributed by atoms with Crippen LogP contribution in [0.15, 0.2) is 42.5 Å². The number of nitrogens with zero attached hydrogens (tertiary/aromatic N) is 2. The lowest BCUT2D eigenvalue weighted by molar-refractivity contribution is 0.112. The molecule has 0 saturated heterocycles. The number of hydrogen-bond acceptors (Lipinski definition) is 2. The van der Waals surface area contributed by atoms with Crippen LogP contribution in [-0.4, -0.2) is 15.8 Å². The fraction of sp³-hybridized carbons (Fsp3) is 0.176. The maximum absolute atomic E-state index is 10.9. The van der Waals surface area contributed by atoms with Crippen LogP contribution in [0.2, 0.25) is 0 Å². The number of aldehydes is 1. The second-order valence-corrected chi connectivity index (χ2v) is 5.10. The highest BCUT2D eigenvalue weighted by molar-refractivity contribution is 5.85. The fourth-order valence-electron chi connectivity index (χ4n) is 2.53. The Morgan fingerprint density at radius 2 is 2.00 bits per heavy atom. The Labute approximate surface area is 117 Å². The highest BCUT2D eigenvalue weighted by Crippen LogP contribution is 2.19. The van der Waals surface area contributed by atoms with Crippen LogP contribution < -0.4 is 0 Å². The van der Waals surface area contributed by atoms with Crippen molar-refractivity contribution >= 4 is 17.3 Å². The predicted molar refractivity (Wildman–Crippen MR) is 80.1 cm³/mol. The van der Waals surface area contributed by atoms with Crippen molar-refractivity contribution in [1.29, 1.82) is 0 Å². The van der Waals surface area contributed by atoms with E-state index in [0.717, 1.165) is 29.7 Å². The first-order valence-electron chi connectivity index (χ1n) is 6.65. The molecule has 3 heteroatoms. The molecule has 20 heavy (non-hydrogen) atoms. The van der Waals surface area contributed by atoms with Crippen molar-refractivity contribution in [2.24, 2.45) is 0 Å². The molecule has 0 fully saturated rings. The monoisotopic (exact) mass is 264 g/mol. The SMILES string of the molecule is Cc1cccc(Cn2c(C)nc3ccc(C=O)cc32)c1. The van der Waals surface area contributed by atoms with E-state index in [2.05, 4.69) is 40.7 Å². The summed E-state index contributed by atoms with van der Waals surface area (Å²) in [6.45, 7) is 4.86. The Balaban J connectivity index is 2.10. The molecular weight excluding hydrogens is 248 g/mol. The van der Waals surface area contributed by atoms with Gasteiger partial charge in [0.05, 0.1) is 11.0 Å². The lowest BCUT2D eigenvalue weighted by Gasteiger charge is -2.08. The van der Waals surface area contributed by atoms with Crippen molar-refractivity contribution in [3.63, 3.8) is 0 Å². The molecule has 0 radical (unpaired) electrons. The molecule has 0 bridgehead atoms. The van der Waals surface area contributed by atoms with Crippen LogP contribution in [0.4, 0.5) is 0 Å². The number of fused-ring (bicyclic) bond motifs is 1. The van der Waals surface area contributed by atoms with Crippen LogP contribution in [0.25, 0.3) is 11.0 Å². The third-order valence-corrected chi connectivity index (χ3v) is 3.52. The Morgan fingerprint density at radius 1 is 1.15 bits per heavy atom. The third kappa shape index (κ3) is 2.23. The van der Waals surface area contributed by atoms with E-state index < -0.39 is 0 Å². The first-order chi connectivity index (χ1) is 9.67. The molecule has 1 aromatic heterocycles. The van der Waals surface area contributed by atoms with Gasteiger partial charge in [0.2, 0.25) is 0 Å². The summed E-state index contributed by atoms with van der Waals surface area (Å²) in [5.41, 5.74) is 5.11. The van der Waals surface area contributed by atoms with E-state index >= 15 is 0 Å². The maximum atomic E-state index is 10.9. The molecule has 100 valence electrons. The third-order valence-electron chi connectivity index (χ3n) is 3.52. The minimum absolute atomic E-state index is 0.683. The van der Waals surface area contributed by atoms with Gasteiger partial charge in [-0.2, -0.15) is 0 Å². The first-order valence-corrected chi connectivity index (χ1v) is 6.65. The van der Waals surface area contributed by atoms with E-state index in [0.29, 0.717) is 5.56 Å². The average molecular weight is 264 g/mol. The molecule has 3 aromatic rings. The van der Waals surface area contributed by atoms with Gasteiger partial charge in [-0.1, -0.05) is 29.8 Å². The van der Waals surface area contributed by atoms with Crippen molar-refractivity contribution in [3.05, 3.63) is 65.0 Å². The quantitative estimate of drug-likeness (QED) is 0.678. The summed E-state index contributed by atoms with van der Waals surface area (Å²) in [6, 6.07) is 14.1. The van der Waals surface area contributed by atoms with Crippen LogP contribution in [-0.2, 0) is 6.54 Å². The van der Waals surface area contributed by atoms with Gasteiger partial charge in [0, 0.05) is 12.1 Å². The molecule has 2 aromatic carbocycles. The van der Waals surface area contributed by atoms with Gasteiger partial charge in [0.1, 0.15) is 12.1 Å². The van der Waals surface area contributed by atoms with Crippen molar-refractivity contribution in [1.82, 2.24) is 9.55 Å². The van der Waals surface area contributed by atoms with Gasteiger partial charge in [0.15, 0.2) is 0 Å². The smallest absolute Gasteiger partial charge is 0.150 e. The minimum Gasteiger partial charge on any atom is -0.324 e. The second kappa shape index (κ2) is 4.93. The number of imidazole rings is 1. The summed E-state index contributed by atoms with van der Waals surface area (Å²) in [4.78, 5) is 15.5. The molecular formula is C17H16N2O. The van der Waals surface area contributed by atoms with Crippen molar-refractivity contribution in [3.8, 4) is 0 Å². The Morgan fingerprint density at radius 3 is 2.75 bits per heavy atom. The van der Waals surface area contributed by atoms with Gasteiger partial charge >= 0.3 is 0 Å². The van der Waals surface area contributed by atoms with E-state index in [-0.39, 0.29) is 0 Å². The topological polar surface area (TPSA) is 34.9 Å². The molecule has 0 atom stereocenters. The van der Waals surface area contributed by atoms with E-state index in [1.807, 2.05) is 19.1 Å². The van der Waals surface area contributed by atoms with Gasteiger partial charge < -0.3 is 4.57 Å². The van der Waals surface area contributed by atoms with Crippen molar-refractivity contribution in [2.45, 2.75) is 20.4 Å². The summed E-state index contributed by atoms with van der Waals surface area (Å²) in [7, 11) is 0. The fourth-order valence-corrected chi connectivity index (χ4v) is 2.53. The predicted octanol–water partition coefficient (Wildman–Crippen LogP) is 3.51. The number of aromatic nitrogens is 2. The lowest BCUT2D eigenvalue weighted by atomic mass is 10.1. The number of aryl methyl sites for hydroxylation is 2. The molecule has 0 aliphatic heterocycles. The molecule has 0 amide bonds. The van der Waals surface area contributed by atoms with Gasteiger partial charge in [-0.3, -0.25) is 4.79 Å². The van der Waals surface area contributed by atoms with Crippen LogP contribution in [0.3, 0.4) is 0 Å². The summed E-state index contributed by atoms with van der Waals surface area (Å²) in [5.74, 6) is 0.963. The van der Waals surface area contributed by atoms with Crippen molar-refractivity contribution in [2.75, 3.05) is 0 Å². The summed E-state index contributed by atoms with van der Waals surface area (Å²) < 4.78 is 2.15. The Bertz CT molecular complexity index is 787. The molecule has 0 aliphatic carbocycles. The zero-order chi connectivity index (χ0) is 14.1. The molecule has 0 saturated carbocycles. The van der Waals surface area contributed by atoms with E-state index in [1.165, 1.54) is 11.1 Å². The highest BCUT2D eigenvalue weighted by atomic mass is 16.1. The van der Waals surface area contributed by atoms with Gasteiger partial charge in [-0.05, 0) is 37.6 Å². The minimum atomic E-state index is 0.683. The van der Waals surface area contributed by atoms with E-state index in [1.54, 1.807) is 6.07 Å². The Kier molecular flexibility index (Phi) is 3.11. The normalized spacial score (nSPS) is 10.9. The van der Waals surface area contributed by atoms with Crippen LogP contribution >= 0.6 is 0 Å². The summed E-state index contributed by atoms with van der Waals surface area (Å²) in [5, 5.41) is 0. The maximum Gasteiger partial charge on any atom is 0.150 e. The van der Waals surface area contributed by atoms with Crippen LogP contribution in [0.1, 0.15) is 27.3 Å².